The van der Waals surface area contributed by atoms with E-state index in [0.29, 0.717) is 31.1 Å². The Kier molecular flexibility index (Phi) is 6.96. The van der Waals surface area contributed by atoms with Crippen LogP contribution in [0.3, 0.4) is 0 Å². The fraction of sp³-hybridized carbons (Fsp3) is 0.759. The smallest absolute Gasteiger partial charge is 0.342 e. The van der Waals surface area contributed by atoms with E-state index in [2.05, 4.69) is 52.8 Å². The van der Waals surface area contributed by atoms with E-state index in [1.807, 2.05) is 6.92 Å². The maximum atomic E-state index is 12.4. The van der Waals surface area contributed by atoms with Crippen molar-refractivity contribution in [2.45, 2.75) is 111 Å². The number of aliphatic hydroxyl groups excluding tert-OH is 2. The summed E-state index contributed by atoms with van der Waals surface area (Å²) in [6, 6.07) is 0. The minimum atomic E-state index is -0.520. The molecule has 5 nitrogen and oxygen atoms in total. The molecule has 2 N–H and O–H groups in total. The van der Waals surface area contributed by atoms with Gasteiger partial charge < -0.3 is 10.2 Å². The number of rotatable bonds is 7. The second kappa shape index (κ2) is 9.22. The van der Waals surface area contributed by atoms with E-state index in [1.54, 1.807) is 0 Å². The van der Waals surface area contributed by atoms with Crippen LogP contribution >= 0.6 is 0 Å². The van der Waals surface area contributed by atoms with Crippen LogP contribution in [-0.4, -0.2) is 34.5 Å². The third-order valence-corrected chi connectivity index (χ3v) is 10.3. The molecule has 4 aliphatic carbocycles. The van der Waals surface area contributed by atoms with Crippen LogP contribution in [0.1, 0.15) is 92.9 Å². The van der Waals surface area contributed by atoms with Crippen LogP contribution in [0.5, 0.6) is 0 Å². The van der Waals surface area contributed by atoms with E-state index in [9.17, 15) is 15.0 Å². The molecule has 5 heteroatoms. The first-order chi connectivity index (χ1) is 16.0. The maximum Gasteiger partial charge on any atom is 0.342 e. The van der Waals surface area contributed by atoms with Crippen molar-refractivity contribution in [1.29, 1.82) is 0 Å². The molecule has 34 heavy (non-hydrogen) atoms. The van der Waals surface area contributed by atoms with Crippen molar-refractivity contribution < 1.29 is 24.8 Å². The summed E-state index contributed by atoms with van der Waals surface area (Å²) >= 11 is 0. The first-order valence-corrected chi connectivity index (χ1v) is 13.3. The maximum absolute atomic E-state index is 12.4. The molecule has 0 heterocycles. The van der Waals surface area contributed by atoms with Crippen LogP contribution in [0.25, 0.3) is 0 Å². The fourth-order valence-electron chi connectivity index (χ4n) is 7.35. The van der Waals surface area contributed by atoms with E-state index >= 15 is 0 Å². The standard InChI is InChI=1S/C29H44O5/c1-7-27(4,8-2)17-26(32)34-33-18(3)22-11-12-23-21-10-9-19-15-20(30)16-25(31)29(19,6)24(21)13-14-28(22,23)5/h9-11,18,20,23-25,30-31H,7-8,12-17H2,1-6H3/t18?,20-,23?,24?,25?,28+,29-/m0/s1. The SMILES string of the molecule is CCC(C)(CC)CC(=O)OOC(C)C1=CCC2C3=CC=C4C[C@H](O)CC(O)[C@]4(C)C3CC[C@]12C. The molecule has 0 bridgehead atoms. The highest BCUT2D eigenvalue weighted by Gasteiger charge is 2.57. The number of carbonyl (C=O) groups excluding carboxylic acids is 1. The number of hydrogen-bond acceptors (Lipinski definition) is 5. The van der Waals surface area contributed by atoms with E-state index in [0.717, 1.165) is 32.1 Å². The third kappa shape index (κ3) is 4.12. The second-order valence-corrected chi connectivity index (χ2v) is 12.1. The van der Waals surface area contributed by atoms with Gasteiger partial charge in [-0.1, -0.05) is 76.8 Å². The average molecular weight is 473 g/mol. The Balaban J connectivity index is 1.47. The molecule has 0 aromatic heterocycles. The van der Waals surface area contributed by atoms with Gasteiger partial charge in [0.15, 0.2) is 0 Å². The van der Waals surface area contributed by atoms with Crippen LogP contribution < -0.4 is 0 Å². The van der Waals surface area contributed by atoms with Crippen molar-refractivity contribution in [3.63, 3.8) is 0 Å². The fourth-order valence-corrected chi connectivity index (χ4v) is 7.35. The van der Waals surface area contributed by atoms with E-state index < -0.39 is 12.2 Å². The van der Waals surface area contributed by atoms with Crippen molar-refractivity contribution in [2.24, 2.45) is 28.1 Å². The molecule has 7 atom stereocenters. The van der Waals surface area contributed by atoms with E-state index in [-0.39, 0.29) is 28.3 Å². The van der Waals surface area contributed by atoms with Crippen LogP contribution in [-0.2, 0) is 14.6 Å². The van der Waals surface area contributed by atoms with Gasteiger partial charge in [0.2, 0.25) is 0 Å². The molecule has 0 aromatic carbocycles. The lowest BCUT2D eigenvalue weighted by Gasteiger charge is -2.56. The molecule has 4 rings (SSSR count). The van der Waals surface area contributed by atoms with Gasteiger partial charge in [-0.3, -0.25) is 4.89 Å². The lowest BCUT2D eigenvalue weighted by Crippen LogP contribution is -2.52. The molecule has 190 valence electrons. The summed E-state index contributed by atoms with van der Waals surface area (Å²) < 4.78 is 0. The highest BCUT2D eigenvalue weighted by atomic mass is 17.2. The van der Waals surface area contributed by atoms with Crippen molar-refractivity contribution in [1.82, 2.24) is 0 Å². The summed E-state index contributed by atoms with van der Waals surface area (Å²) in [6.45, 7) is 12.8. The zero-order chi connectivity index (χ0) is 24.9. The Labute approximate surface area is 205 Å². The Hall–Kier alpha value is -1.43. The number of hydrogen-bond donors (Lipinski definition) is 2. The zero-order valence-corrected chi connectivity index (χ0v) is 21.9. The van der Waals surface area contributed by atoms with Gasteiger partial charge in [-0.05, 0) is 60.8 Å². The predicted molar refractivity (Wildman–Crippen MR) is 132 cm³/mol. The number of fused-ring (bicyclic) bond motifs is 5. The molecular weight excluding hydrogens is 428 g/mol. The summed E-state index contributed by atoms with van der Waals surface area (Å²) in [7, 11) is 0. The summed E-state index contributed by atoms with van der Waals surface area (Å²) in [5.74, 6) is 0.368. The summed E-state index contributed by atoms with van der Waals surface area (Å²) in [5.41, 5.74) is 3.44. The first-order valence-electron chi connectivity index (χ1n) is 13.3. The Morgan fingerprint density at radius 2 is 1.91 bits per heavy atom. The number of carbonyl (C=O) groups is 1. The third-order valence-electron chi connectivity index (χ3n) is 10.3. The Bertz CT molecular complexity index is 896. The summed E-state index contributed by atoms with van der Waals surface area (Å²) in [5, 5.41) is 21.3. The van der Waals surface area contributed by atoms with Gasteiger partial charge in [0.05, 0.1) is 18.6 Å². The lowest BCUT2D eigenvalue weighted by atomic mass is 9.49. The molecule has 0 radical (unpaired) electrons. The second-order valence-electron chi connectivity index (χ2n) is 12.1. The molecule has 0 aromatic rings. The van der Waals surface area contributed by atoms with Crippen molar-refractivity contribution in [3.05, 3.63) is 34.9 Å². The topological polar surface area (TPSA) is 76.0 Å². The highest BCUT2D eigenvalue weighted by Crippen LogP contribution is 2.64. The number of aliphatic hydroxyl groups is 2. The van der Waals surface area contributed by atoms with Gasteiger partial charge in [-0.15, -0.1) is 0 Å². The lowest BCUT2D eigenvalue weighted by molar-refractivity contribution is -0.291. The molecule has 0 spiro atoms. The predicted octanol–water partition coefficient (Wildman–Crippen LogP) is 5.82. The van der Waals surface area contributed by atoms with Crippen molar-refractivity contribution in [3.8, 4) is 0 Å². The van der Waals surface area contributed by atoms with Gasteiger partial charge in [-0.2, -0.15) is 4.89 Å². The normalized spacial score (nSPS) is 38.1. The van der Waals surface area contributed by atoms with Crippen LogP contribution in [0.15, 0.2) is 34.9 Å². The molecule has 4 aliphatic rings. The molecule has 4 unspecified atom stereocenters. The average Bonchev–Trinajstić information content (AvgIpc) is 3.15. The molecule has 2 saturated carbocycles. The zero-order valence-electron chi connectivity index (χ0n) is 21.9. The monoisotopic (exact) mass is 472 g/mol. The van der Waals surface area contributed by atoms with E-state index in [4.69, 9.17) is 9.78 Å². The summed E-state index contributed by atoms with van der Waals surface area (Å²) in [6.07, 6.45) is 11.7. The quantitative estimate of drug-likeness (QED) is 0.277. The minimum Gasteiger partial charge on any atom is -0.393 e. The Morgan fingerprint density at radius 3 is 2.59 bits per heavy atom. The van der Waals surface area contributed by atoms with Gasteiger partial charge in [0.1, 0.15) is 6.10 Å². The molecule has 2 fully saturated rings. The van der Waals surface area contributed by atoms with Gasteiger partial charge in [0.25, 0.3) is 0 Å². The van der Waals surface area contributed by atoms with Crippen LogP contribution in [0, 0.1) is 28.1 Å². The van der Waals surface area contributed by atoms with Gasteiger partial charge in [-0.25, -0.2) is 4.79 Å². The minimum absolute atomic E-state index is 0.0453. The molecule has 0 saturated heterocycles. The van der Waals surface area contributed by atoms with Gasteiger partial charge in [0, 0.05) is 11.8 Å². The largest absolute Gasteiger partial charge is 0.393 e. The van der Waals surface area contributed by atoms with Crippen LogP contribution in [0.4, 0.5) is 0 Å². The Morgan fingerprint density at radius 1 is 1.21 bits per heavy atom. The highest BCUT2D eigenvalue weighted by molar-refractivity contribution is 5.69. The molecule has 0 aliphatic heterocycles. The van der Waals surface area contributed by atoms with Crippen LogP contribution in [0.2, 0.25) is 0 Å². The molecular formula is C29H44O5. The van der Waals surface area contributed by atoms with Crippen molar-refractivity contribution >= 4 is 5.97 Å². The first kappa shape index (κ1) is 25.7. The van der Waals surface area contributed by atoms with Gasteiger partial charge >= 0.3 is 5.97 Å². The van der Waals surface area contributed by atoms with E-state index in [1.165, 1.54) is 16.7 Å². The number of allylic oxidation sites excluding steroid dienone is 4. The van der Waals surface area contributed by atoms with Crippen molar-refractivity contribution in [2.75, 3.05) is 0 Å². The molecule has 0 amide bonds. The summed E-state index contributed by atoms with van der Waals surface area (Å²) in [4.78, 5) is 23.4.